The minimum atomic E-state index is 0.574. The Bertz CT molecular complexity index is 339. The maximum absolute atomic E-state index is 5.97. The first-order valence-corrected chi connectivity index (χ1v) is 6.08. The smallest absolute Gasteiger partial charge is 0.0554 e. The second kappa shape index (κ2) is 5.79. The average molecular weight is 294 g/mol. The lowest BCUT2D eigenvalue weighted by Gasteiger charge is -2.01. The molecule has 0 aromatic heterocycles. The summed E-state index contributed by atoms with van der Waals surface area (Å²) in [4.78, 5) is 0. The van der Waals surface area contributed by atoms with Crippen LogP contribution in [0.15, 0.2) is 28.2 Å². The van der Waals surface area contributed by atoms with E-state index in [2.05, 4.69) is 28.9 Å². The van der Waals surface area contributed by atoms with Crippen LogP contribution in [0.1, 0.15) is 18.9 Å². The molecule has 14 heavy (non-hydrogen) atoms. The van der Waals surface area contributed by atoms with Crippen LogP contribution in [0.3, 0.4) is 0 Å². The monoisotopic (exact) mass is 292 g/mol. The predicted octanol–water partition coefficient (Wildman–Crippen LogP) is 5.13. The molecule has 0 radical (unpaired) electrons. The summed E-state index contributed by atoms with van der Waals surface area (Å²) in [6, 6.07) is 5.88. The summed E-state index contributed by atoms with van der Waals surface area (Å²) in [5.41, 5.74) is 2.31. The molecule has 0 aliphatic rings. The summed E-state index contributed by atoms with van der Waals surface area (Å²) in [6.45, 7) is 2.09. The molecule has 0 aliphatic carbocycles. The zero-order chi connectivity index (χ0) is 10.6. The van der Waals surface area contributed by atoms with Gasteiger partial charge in [-0.25, -0.2) is 0 Å². The molecule has 0 atom stereocenters. The fourth-order valence-electron chi connectivity index (χ4n) is 1.07. The van der Waals surface area contributed by atoms with Gasteiger partial charge in [-0.2, -0.15) is 0 Å². The Morgan fingerprint density at radius 2 is 2.21 bits per heavy atom. The van der Waals surface area contributed by atoms with Crippen molar-refractivity contribution < 1.29 is 0 Å². The molecule has 0 heterocycles. The molecule has 1 aromatic rings. The van der Waals surface area contributed by atoms with Crippen LogP contribution in [-0.2, 0) is 0 Å². The van der Waals surface area contributed by atoms with Gasteiger partial charge in [0.1, 0.15) is 0 Å². The lowest BCUT2D eigenvalue weighted by molar-refractivity contribution is 1.12. The molecule has 0 N–H and O–H groups in total. The minimum absolute atomic E-state index is 0.574. The van der Waals surface area contributed by atoms with Gasteiger partial charge in [-0.05, 0) is 40.0 Å². The molecule has 0 spiro atoms. The molecule has 0 saturated heterocycles. The van der Waals surface area contributed by atoms with Crippen molar-refractivity contribution in [2.75, 3.05) is 5.88 Å². The highest BCUT2D eigenvalue weighted by Gasteiger charge is 1.98. The van der Waals surface area contributed by atoms with Gasteiger partial charge in [0.2, 0.25) is 0 Å². The van der Waals surface area contributed by atoms with Crippen LogP contribution in [0, 0.1) is 0 Å². The Hall–Kier alpha value is 0.0200. The van der Waals surface area contributed by atoms with Crippen LogP contribution >= 0.6 is 39.1 Å². The molecular weight excluding hydrogens is 283 g/mol. The molecule has 0 saturated carbocycles. The van der Waals surface area contributed by atoms with Crippen molar-refractivity contribution in [1.29, 1.82) is 0 Å². The van der Waals surface area contributed by atoms with Crippen molar-refractivity contribution in [3.8, 4) is 0 Å². The van der Waals surface area contributed by atoms with Crippen LogP contribution < -0.4 is 0 Å². The Morgan fingerprint density at radius 3 is 2.71 bits per heavy atom. The van der Waals surface area contributed by atoms with Gasteiger partial charge in [-0.3, -0.25) is 0 Å². The third-order valence-corrected chi connectivity index (χ3v) is 3.52. The zero-order valence-electron chi connectivity index (χ0n) is 7.86. The van der Waals surface area contributed by atoms with E-state index in [4.69, 9.17) is 23.2 Å². The highest BCUT2D eigenvalue weighted by Crippen LogP contribution is 2.24. The normalized spacial score (nSPS) is 11.9. The van der Waals surface area contributed by atoms with E-state index in [9.17, 15) is 0 Å². The SMILES string of the molecule is CC/C(=C/c1ccc(Br)c(Cl)c1)CCl. The van der Waals surface area contributed by atoms with E-state index in [0.717, 1.165) is 21.5 Å². The van der Waals surface area contributed by atoms with Crippen LogP contribution in [0.2, 0.25) is 5.02 Å². The number of halogens is 3. The molecule has 3 heteroatoms. The third kappa shape index (κ3) is 3.30. The summed E-state index contributed by atoms with van der Waals surface area (Å²) in [5, 5.41) is 0.726. The van der Waals surface area contributed by atoms with Crippen LogP contribution in [0.25, 0.3) is 6.08 Å². The molecule has 76 valence electrons. The summed E-state index contributed by atoms with van der Waals surface area (Å²) in [6.07, 6.45) is 3.04. The Labute approximate surface area is 103 Å². The van der Waals surface area contributed by atoms with Gasteiger partial charge in [-0.1, -0.05) is 36.2 Å². The molecular formula is C11H11BrCl2. The maximum Gasteiger partial charge on any atom is 0.0554 e. The predicted molar refractivity (Wildman–Crippen MR) is 68.1 cm³/mol. The maximum atomic E-state index is 5.97. The highest BCUT2D eigenvalue weighted by atomic mass is 79.9. The topological polar surface area (TPSA) is 0 Å². The van der Waals surface area contributed by atoms with Crippen molar-refractivity contribution >= 4 is 45.2 Å². The van der Waals surface area contributed by atoms with E-state index in [1.54, 1.807) is 0 Å². The summed E-state index contributed by atoms with van der Waals surface area (Å²) >= 11 is 15.1. The number of benzene rings is 1. The van der Waals surface area contributed by atoms with E-state index in [-0.39, 0.29) is 0 Å². The quantitative estimate of drug-likeness (QED) is 0.677. The van der Waals surface area contributed by atoms with Crippen LogP contribution in [0.5, 0.6) is 0 Å². The number of allylic oxidation sites excluding steroid dienone is 1. The molecule has 0 aliphatic heterocycles. The first-order chi connectivity index (χ1) is 6.67. The lowest BCUT2D eigenvalue weighted by atomic mass is 10.1. The van der Waals surface area contributed by atoms with Gasteiger partial charge >= 0.3 is 0 Å². The first kappa shape index (κ1) is 12.1. The zero-order valence-corrected chi connectivity index (χ0v) is 11.0. The van der Waals surface area contributed by atoms with Crippen molar-refractivity contribution in [2.45, 2.75) is 13.3 Å². The van der Waals surface area contributed by atoms with E-state index in [1.807, 2.05) is 18.2 Å². The van der Waals surface area contributed by atoms with E-state index >= 15 is 0 Å². The number of alkyl halides is 1. The van der Waals surface area contributed by atoms with E-state index in [1.165, 1.54) is 5.57 Å². The van der Waals surface area contributed by atoms with Gasteiger partial charge in [0, 0.05) is 10.4 Å². The number of hydrogen-bond acceptors (Lipinski definition) is 0. The lowest BCUT2D eigenvalue weighted by Crippen LogP contribution is -1.82. The van der Waals surface area contributed by atoms with Gasteiger partial charge in [0.05, 0.1) is 5.02 Å². The standard InChI is InChI=1S/C11H11BrCl2/c1-2-8(7-13)5-9-3-4-10(12)11(14)6-9/h3-6H,2,7H2,1H3/b8-5-. The summed E-state index contributed by atoms with van der Waals surface area (Å²) in [7, 11) is 0. The molecule has 0 unspecified atom stereocenters. The van der Waals surface area contributed by atoms with Gasteiger partial charge in [0.15, 0.2) is 0 Å². The van der Waals surface area contributed by atoms with E-state index < -0.39 is 0 Å². The number of hydrogen-bond donors (Lipinski definition) is 0. The summed E-state index contributed by atoms with van der Waals surface area (Å²) < 4.78 is 0.917. The Morgan fingerprint density at radius 1 is 1.50 bits per heavy atom. The van der Waals surface area contributed by atoms with Crippen molar-refractivity contribution in [3.63, 3.8) is 0 Å². The van der Waals surface area contributed by atoms with Crippen LogP contribution in [-0.4, -0.2) is 5.88 Å². The molecule has 0 fully saturated rings. The molecule has 1 rings (SSSR count). The highest BCUT2D eigenvalue weighted by molar-refractivity contribution is 9.10. The average Bonchev–Trinajstić information content (AvgIpc) is 2.19. The molecule has 1 aromatic carbocycles. The third-order valence-electron chi connectivity index (χ3n) is 1.94. The minimum Gasteiger partial charge on any atom is -0.122 e. The Kier molecular flexibility index (Phi) is 5.00. The molecule has 0 bridgehead atoms. The van der Waals surface area contributed by atoms with Gasteiger partial charge in [0.25, 0.3) is 0 Å². The fourth-order valence-corrected chi connectivity index (χ4v) is 1.77. The number of rotatable bonds is 3. The fraction of sp³-hybridized carbons (Fsp3) is 0.273. The van der Waals surface area contributed by atoms with Crippen molar-refractivity contribution in [1.82, 2.24) is 0 Å². The van der Waals surface area contributed by atoms with Crippen molar-refractivity contribution in [3.05, 3.63) is 38.8 Å². The Balaban J connectivity index is 2.97. The first-order valence-electron chi connectivity index (χ1n) is 4.37. The van der Waals surface area contributed by atoms with Crippen LogP contribution in [0.4, 0.5) is 0 Å². The second-order valence-electron chi connectivity index (χ2n) is 2.96. The summed E-state index contributed by atoms with van der Waals surface area (Å²) in [5.74, 6) is 0.574. The molecule has 0 amide bonds. The second-order valence-corrected chi connectivity index (χ2v) is 4.49. The largest absolute Gasteiger partial charge is 0.122 e. The molecule has 0 nitrogen and oxygen atoms in total. The van der Waals surface area contributed by atoms with Gasteiger partial charge < -0.3 is 0 Å². The van der Waals surface area contributed by atoms with Crippen molar-refractivity contribution in [2.24, 2.45) is 0 Å². The van der Waals surface area contributed by atoms with E-state index in [0.29, 0.717) is 5.88 Å². The van der Waals surface area contributed by atoms with Gasteiger partial charge in [-0.15, -0.1) is 11.6 Å².